The number of allylic oxidation sites excluding steroid dienone is 2. The van der Waals surface area contributed by atoms with E-state index in [1.54, 1.807) is 24.3 Å². The second kappa shape index (κ2) is 14.2. The number of fused-ring (bicyclic) bond motifs is 2. The average Bonchev–Trinajstić information content (AvgIpc) is 3.57. The molecular weight excluding hydrogens is 738 g/mol. The van der Waals surface area contributed by atoms with Crippen molar-refractivity contribution >= 4 is 18.1 Å². The standard InChI is InChI=1S/2C20H18F3.C2H7Si.Zr/c2*1-13(2)10-14-11-15-6-5-8-16(18(15)12-14)17-7-3-4-9-19(17)20(21,22)23;1-3-2;/h2*3-9,11-13H,10H2,1-2H3;3H,1-2H3;. The summed E-state index contributed by atoms with van der Waals surface area (Å²) < 4.78 is 86.2. The molecule has 261 valence electrons. The third-order valence-electron chi connectivity index (χ3n) is 9.97. The van der Waals surface area contributed by atoms with Gasteiger partial charge in [0.2, 0.25) is 0 Å². The summed E-state index contributed by atoms with van der Waals surface area (Å²) in [7, 11) is 0. The summed E-state index contributed by atoms with van der Waals surface area (Å²) in [5.41, 5.74) is 7.08. The van der Waals surface area contributed by atoms with Crippen LogP contribution < -0.4 is 0 Å². The molecule has 2 aliphatic carbocycles. The molecule has 0 fully saturated rings. The molecule has 0 saturated heterocycles. The van der Waals surface area contributed by atoms with Crippen LogP contribution in [0.4, 0.5) is 26.3 Å². The molecule has 2 atom stereocenters. The van der Waals surface area contributed by atoms with Crippen LogP contribution in [0, 0.1) is 11.8 Å². The van der Waals surface area contributed by atoms with Crippen molar-refractivity contribution in [3.63, 3.8) is 0 Å². The maximum atomic E-state index is 14.3. The first-order chi connectivity index (χ1) is 23.6. The van der Waals surface area contributed by atoms with Gasteiger partial charge in [0, 0.05) is 0 Å². The molecule has 4 aromatic rings. The molecule has 50 heavy (non-hydrogen) atoms. The predicted molar refractivity (Wildman–Crippen MR) is 193 cm³/mol. The zero-order valence-electron chi connectivity index (χ0n) is 29.3. The van der Waals surface area contributed by atoms with Crippen molar-refractivity contribution in [2.75, 3.05) is 0 Å². The van der Waals surface area contributed by atoms with Crippen LogP contribution in [0.5, 0.6) is 0 Å². The van der Waals surface area contributed by atoms with Gasteiger partial charge in [0.15, 0.2) is 0 Å². The fraction of sp³-hybridized carbons (Fsp3) is 0.333. The molecule has 0 radical (unpaired) electrons. The molecule has 0 spiro atoms. The Morgan fingerprint density at radius 2 is 0.900 bits per heavy atom. The quantitative estimate of drug-likeness (QED) is 0.117. The zero-order valence-corrected chi connectivity index (χ0v) is 32.9. The van der Waals surface area contributed by atoms with E-state index in [0.29, 0.717) is 23.0 Å². The van der Waals surface area contributed by atoms with Crippen LogP contribution in [0.1, 0.15) is 81.2 Å². The Labute approximate surface area is 300 Å². The van der Waals surface area contributed by atoms with Gasteiger partial charge >= 0.3 is 302 Å². The minimum atomic E-state index is -4.49. The van der Waals surface area contributed by atoms with E-state index in [9.17, 15) is 26.3 Å². The molecule has 0 nitrogen and oxygen atoms in total. The third kappa shape index (κ3) is 7.08. The van der Waals surface area contributed by atoms with Gasteiger partial charge in [-0.15, -0.1) is 0 Å². The molecule has 0 saturated carbocycles. The second-order valence-electron chi connectivity index (χ2n) is 14.9. The first-order valence-corrected chi connectivity index (χ1v) is 27.4. The van der Waals surface area contributed by atoms with Gasteiger partial charge in [-0.05, 0) is 0 Å². The van der Waals surface area contributed by atoms with E-state index in [4.69, 9.17) is 0 Å². The molecule has 0 heterocycles. The second-order valence-corrected chi connectivity index (χ2v) is 34.9. The molecule has 0 aliphatic heterocycles. The van der Waals surface area contributed by atoms with Crippen LogP contribution in [0.2, 0.25) is 13.1 Å². The summed E-state index contributed by atoms with van der Waals surface area (Å²) in [4.78, 5) is 0. The molecule has 0 amide bonds. The van der Waals surface area contributed by atoms with Gasteiger partial charge in [-0.2, -0.15) is 0 Å². The fourth-order valence-electron chi connectivity index (χ4n) is 8.25. The molecule has 0 N–H and O–H groups in total. The van der Waals surface area contributed by atoms with Crippen molar-refractivity contribution in [2.24, 2.45) is 11.8 Å². The van der Waals surface area contributed by atoms with E-state index >= 15 is 0 Å². The fourth-order valence-corrected chi connectivity index (χ4v) is 31.0. The van der Waals surface area contributed by atoms with E-state index in [-0.39, 0.29) is 18.4 Å². The Balaban J connectivity index is 1.56. The van der Waals surface area contributed by atoms with Gasteiger partial charge in [0.05, 0.1) is 0 Å². The number of benzene rings is 4. The number of alkyl halides is 6. The van der Waals surface area contributed by atoms with Crippen LogP contribution in [0.15, 0.2) is 96.1 Å². The molecule has 2 unspecified atom stereocenters. The van der Waals surface area contributed by atoms with Gasteiger partial charge in [0.1, 0.15) is 0 Å². The zero-order chi connectivity index (χ0) is 36.1. The Morgan fingerprint density at radius 3 is 1.24 bits per heavy atom. The van der Waals surface area contributed by atoms with E-state index in [1.165, 1.54) is 23.3 Å². The number of rotatable bonds is 9. The van der Waals surface area contributed by atoms with Crippen molar-refractivity contribution in [2.45, 2.75) is 73.2 Å². The molecule has 8 heteroatoms. The van der Waals surface area contributed by atoms with Gasteiger partial charge < -0.3 is 0 Å². The Morgan fingerprint density at radius 1 is 0.540 bits per heavy atom. The van der Waals surface area contributed by atoms with E-state index < -0.39 is 50.3 Å². The summed E-state index contributed by atoms with van der Waals surface area (Å²) in [6.45, 7) is 13.6. The number of halogens is 6. The maximum absolute atomic E-state index is 14.3. The van der Waals surface area contributed by atoms with Crippen LogP contribution in [0.25, 0.3) is 34.4 Å². The van der Waals surface area contributed by atoms with E-state index in [1.807, 2.05) is 24.3 Å². The third-order valence-corrected chi connectivity index (χ3v) is 31.7. The molecule has 2 aliphatic rings. The van der Waals surface area contributed by atoms with Crippen molar-refractivity contribution in [3.05, 3.63) is 129 Å². The van der Waals surface area contributed by atoms with Crippen LogP contribution in [-0.4, -0.2) is 5.92 Å². The SMILES string of the molecule is CC(C)CC1=Cc2c(-c3ccccc3C(F)(F)F)cccc2[CH]1[Zr]([CH]1C(CC(C)C)=Cc2c(-c3ccccc3C(F)(F)F)cccc21)[SiH](C)C. The van der Waals surface area contributed by atoms with Crippen LogP contribution in [-0.2, 0) is 33.3 Å². The van der Waals surface area contributed by atoms with Crippen molar-refractivity contribution in [3.8, 4) is 22.3 Å². The summed E-state index contributed by atoms with van der Waals surface area (Å²) in [5.74, 6) is -0.664. The van der Waals surface area contributed by atoms with Crippen LogP contribution in [0.3, 0.4) is 0 Å². The van der Waals surface area contributed by atoms with Crippen LogP contribution >= 0.6 is 0 Å². The van der Waals surface area contributed by atoms with E-state index in [2.05, 4.69) is 65.1 Å². The van der Waals surface area contributed by atoms with Gasteiger partial charge in [-0.1, -0.05) is 0 Å². The number of hydrogen-bond acceptors (Lipinski definition) is 0. The monoisotopic (exact) mass is 779 g/mol. The molecule has 4 aromatic carbocycles. The number of hydrogen-bond donors (Lipinski definition) is 0. The van der Waals surface area contributed by atoms with Gasteiger partial charge in [-0.3, -0.25) is 0 Å². The van der Waals surface area contributed by atoms with E-state index in [0.717, 1.165) is 47.2 Å². The topological polar surface area (TPSA) is 0 Å². The Kier molecular flexibility index (Phi) is 10.5. The minimum absolute atomic E-state index is 0.178. The predicted octanol–water partition coefficient (Wildman–Crippen LogP) is 13.3. The van der Waals surface area contributed by atoms with Crippen molar-refractivity contribution in [1.82, 2.24) is 0 Å². The average molecular weight is 781 g/mol. The summed E-state index contributed by atoms with van der Waals surface area (Å²) in [5, 5.41) is 0. The molecule has 0 aromatic heterocycles. The van der Waals surface area contributed by atoms with Crippen molar-refractivity contribution in [1.29, 1.82) is 0 Å². The Hall–Kier alpha value is -2.96. The molecule has 6 rings (SSSR count). The van der Waals surface area contributed by atoms with Gasteiger partial charge in [-0.25, -0.2) is 0 Å². The first-order valence-electron chi connectivity index (χ1n) is 17.4. The molecule has 0 bridgehead atoms. The van der Waals surface area contributed by atoms with Gasteiger partial charge in [0.25, 0.3) is 0 Å². The Bertz CT molecular complexity index is 1810. The summed E-state index contributed by atoms with van der Waals surface area (Å²) in [6, 6.07) is 23.5. The molecular formula is C42H43F6SiZr. The summed E-state index contributed by atoms with van der Waals surface area (Å²) >= 11 is -2.73. The normalized spacial score (nSPS) is 17.3. The first kappa shape index (κ1) is 36.8. The summed E-state index contributed by atoms with van der Waals surface area (Å²) in [6.07, 6.45) is -2.85. The van der Waals surface area contributed by atoms with Crippen molar-refractivity contribution < 1.29 is 47.3 Å².